The maximum Gasteiger partial charge on any atom is 0.0542 e. The van der Waals surface area contributed by atoms with Gasteiger partial charge in [0.05, 0.1) is 22.1 Å². The van der Waals surface area contributed by atoms with E-state index < -0.39 is 0 Å². The van der Waals surface area contributed by atoms with Crippen LogP contribution in [0.3, 0.4) is 0 Å². The van der Waals surface area contributed by atoms with Gasteiger partial charge in [0, 0.05) is 32.9 Å². The zero-order valence-electron chi connectivity index (χ0n) is 37.0. The molecular formula is C66H40N2. The van der Waals surface area contributed by atoms with Gasteiger partial charge in [0.2, 0.25) is 0 Å². The summed E-state index contributed by atoms with van der Waals surface area (Å²) in [5.41, 5.74) is 7.08. The van der Waals surface area contributed by atoms with E-state index in [2.05, 4.69) is 252 Å². The Morgan fingerprint density at radius 2 is 0.368 bits per heavy atom. The highest BCUT2D eigenvalue weighted by Gasteiger charge is 2.18. The summed E-state index contributed by atoms with van der Waals surface area (Å²) in [5.74, 6) is 0. The molecule has 13 aromatic carbocycles. The van der Waals surface area contributed by atoms with Crippen molar-refractivity contribution in [2.24, 2.45) is 0 Å². The summed E-state index contributed by atoms with van der Waals surface area (Å²) in [6.45, 7) is 0. The Labute approximate surface area is 391 Å². The van der Waals surface area contributed by atoms with Gasteiger partial charge in [-0.3, -0.25) is 0 Å². The molecule has 0 spiro atoms. The van der Waals surface area contributed by atoms with Crippen LogP contribution in [-0.4, -0.2) is 9.13 Å². The zero-order valence-corrected chi connectivity index (χ0v) is 37.0. The molecule has 2 nitrogen and oxygen atoms in total. The minimum absolute atomic E-state index is 1.13. The number of hydrogen-bond acceptors (Lipinski definition) is 0. The molecule has 0 amide bonds. The number of benzene rings is 11. The number of para-hydroxylation sites is 3. The minimum atomic E-state index is 1.13. The summed E-state index contributed by atoms with van der Waals surface area (Å²) in [6.07, 6.45) is 0. The molecule has 0 fully saturated rings. The fraction of sp³-hybridized carbons (Fsp3) is 0. The lowest BCUT2D eigenvalue weighted by Crippen LogP contribution is -1.96. The highest BCUT2D eigenvalue weighted by Crippen LogP contribution is 2.43. The molecule has 0 unspecified atom stereocenters. The van der Waals surface area contributed by atoms with Gasteiger partial charge < -0.3 is 9.13 Å². The van der Waals surface area contributed by atoms with E-state index in [-0.39, 0.29) is 0 Å². The highest BCUT2D eigenvalue weighted by atomic mass is 15.0. The lowest BCUT2D eigenvalue weighted by Gasteiger charge is -2.15. The van der Waals surface area contributed by atoms with Crippen LogP contribution in [-0.2, 0) is 0 Å². The van der Waals surface area contributed by atoms with Gasteiger partial charge in [-0.05, 0) is 147 Å². The van der Waals surface area contributed by atoms with Crippen LogP contribution in [0.15, 0.2) is 243 Å². The lowest BCUT2D eigenvalue weighted by atomic mass is 9.90. The normalized spacial score (nSPS) is 12.1. The first-order valence-electron chi connectivity index (χ1n) is 23.6. The van der Waals surface area contributed by atoms with E-state index in [4.69, 9.17) is 0 Å². The smallest absolute Gasteiger partial charge is 0.0542 e. The lowest BCUT2D eigenvalue weighted by molar-refractivity contribution is 1.17. The van der Waals surface area contributed by atoms with Gasteiger partial charge >= 0.3 is 0 Å². The maximum atomic E-state index is 2.50. The number of hydrogen-bond donors (Lipinski definition) is 0. The van der Waals surface area contributed by atoms with Crippen molar-refractivity contribution in [2.75, 3.05) is 0 Å². The zero-order chi connectivity index (χ0) is 44.5. The van der Waals surface area contributed by atoms with Gasteiger partial charge in [0.1, 0.15) is 0 Å². The quantitative estimate of drug-likeness (QED) is 0.164. The van der Waals surface area contributed by atoms with Crippen LogP contribution in [0, 0.1) is 0 Å². The fourth-order valence-electron chi connectivity index (χ4n) is 12.0. The molecular weight excluding hydrogens is 821 g/mol. The van der Waals surface area contributed by atoms with E-state index >= 15 is 0 Å². The average molecular weight is 861 g/mol. The molecule has 2 heterocycles. The van der Waals surface area contributed by atoms with Crippen LogP contribution in [0.25, 0.3) is 141 Å². The highest BCUT2D eigenvalue weighted by molar-refractivity contribution is 6.32. The molecule has 15 aromatic rings. The summed E-state index contributed by atoms with van der Waals surface area (Å²) in [5, 5.41) is 24.8. The summed E-state index contributed by atoms with van der Waals surface area (Å²) >= 11 is 0. The van der Waals surface area contributed by atoms with E-state index in [1.165, 1.54) is 130 Å². The number of aromatic nitrogens is 2. The molecule has 0 aliphatic rings. The molecule has 2 aromatic heterocycles. The second-order valence-corrected chi connectivity index (χ2v) is 18.3. The van der Waals surface area contributed by atoms with Crippen LogP contribution in [0.4, 0.5) is 0 Å². The number of nitrogens with zero attached hydrogens (tertiary/aromatic N) is 2. The molecule has 0 saturated carbocycles. The number of fused-ring (bicyclic) bond motifs is 22. The molecule has 314 valence electrons. The molecule has 0 radical (unpaired) electrons. The molecule has 0 aliphatic carbocycles. The summed E-state index contributed by atoms with van der Waals surface area (Å²) in [7, 11) is 0. The number of rotatable bonds is 2. The first-order valence-corrected chi connectivity index (χ1v) is 23.6. The Morgan fingerprint density at radius 1 is 0.147 bits per heavy atom. The van der Waals surface area contributed by atoms with Crippen molar-refractivity contribution in [1.82, 2.24) is 9.13 Å². The molecule has 68 heavy (non-hydrogen) atoms. The van der Waals surface area contributed by atoms with Gasteiger partial charge in [-0.2, -0.15) is 0 Å². The minimum Gasteiger partial charge on any atom is -0.309 e. The van der Waals surface area contributed by atoms with Crippen molar-refractivity contribution in [3.05, 3.63) is 243 Å². The van der Waals surface area contributed by atoms with Crippen molar-refractivity contribution >= 4 is 130 Å². The molecule has 0 aliphatic heterocycles. The van der Waals surface area contributed by atoms with Gasteiger partial charge in [-0.15, -0.1) is 0 Å². The third kappa shape index (κ3) is 5.23. The third-order valence-electron chi connectivity index (χ3n) is 14.9. The summed E-state index contributed by atoms with van der Waals surface area (Å²) in [6, 6.07) is 90.5. The molecule has 0 N–H and O–H groups in total. The van der Waals surface area contributed by atoms with Crippen LogP contribution in [0.1, 0.15) is 0 Å². The molecule has 0 bridgehead atoms. The van der Waals surface area contributed by atoms with Crippen molar-refractivity contribution < 1.29 is 0 Å². The Kier molecular flexibility index (Phi) is 7.81. The first-order chi connectivity index (χ1) is 33.8. The molecule has 2 heteroatoms. The maximum absolute atomic E-state index is 2.50. The van der Waals surface area contributed by atoms with Crippen molar-refractivity contribution in [3.8, 4) is 11.4 Å². The van der Waals surface area contributed by atoms with Gasteiger partial charge in [-0.1, -0.05) is 182 Å². The van der Waals surface area contributed by atoms with E-state index in [0.29, 0.717) is 0 Å². The van der Waals surface area contributed by atoms with Crippen LogP contribution in [0.5, 0.6) is 0 Å². The van der Waals surface area contributed by atoms with Crippen molar-refractivity contribution in [1.29, 1.82) is 0 Å². The van der Waals surface area contributed by atoms with E-state index in [1.807, 2.05) is 0 Å². The monoisotopic (exact) mass is 860 g/mol. The Bertz CT molecular complexity index is 4690. The molecule has 0 saturated heterocycles. The van der Waals surface area contributed by atoms with E-state index in [1.54, 1.807) is 0 Å². The topological polar surface area (TPSA) is 9.86 Å². The van der Waals surface area contributed by atoms with Crippen molar-refractivity contribution in [2.45, 2.75) is 0 Å². The van der Waals surface area contributed by atoms with Crippen molar-refractivity contribution in [3.63, 3.8) is 0 Å². The summed E-state index contributed by atoms with van der Waals surface area (Å²) in [4.78, 5) is 0. The predicted octanol–water partition coefficient (Wildman–Crippen LogP) is 18.2. The van der Waals surface area contributed by atoms with E-state index in [9.17, 15) is 0 Å². The first kappa shape index (κ1) is 37.3. The van der Waals surface area contributed by atoms with Crippen LogP contribution < -0.4 is 0 Å². The Morgan fingerprint density at radius 3 is 0.721 bits per heavy atom. The third-order valence-corrected chi connectivity index (χ3v) is 14.9. The fourth-order valence-corrected chi connectivity index (χ4v) is 12.0. The molecule has 0 atom stereocenters. The van der Waals surface area contributed by atoms with Crippen LogP contribution in [0.2, 0.25) is 0 Å². The van der Waals surface area contributed by atoms with Gasteiger partial charge in [0.15, 0.2) is 0 Å². The predicted molar refractivity (Wildman–Crippen MR) is 293 cm³/mol. The average Bonchev–Trinajstić information content (AvgIpc) is 3.92. The second kappa shape index (κ2) is 14.3. The van der Waals surface area contributed by atoms with Crippen LogP contribution >= 0.6 is 0 Å². The summed E-state index contributed by atoms with van der Waals surface area (Å²) < 4.78 is 4.89. The standard InChI is InChI=1S/C66H40N2/c1-2-18-44-43(17-1)45-19-3-6-22-48(45)58-39-60-50-24-8-5-21-47(50)53-35-33-41(37-57(53)51-25-9-10-26-52(51)61(60)40-59(58)49-23-7-4-20-46(44)49)68-65-32-16-13-29-56(65)62-38-42(34-36-66(62)68)67-63-30-14-11-27-54(63)55-28-12-15-31-64(55)67/h1-40H. The Balaban J connectivity index is 1.06. The van der Waals surface area contributed by atoms with Gasteiger partial charge in [-0.25, -0.2) is 0 Å². The SMILES string of the molecule is c1ccc2c(c1)c1ccccc1c1cc3c4ccccc4c4ccc(-n5c6ccccc6c6cc(-n7c8ccccc8c8ccccc87)ccc65)cc4c4ccccc4c3cc1c1ccccc21. The largest absolute Gasteiger partial charge is 0.309 e. The second-order valence-electron chi connectivity index (χ2n) is 18.3. The molecule has 15 rings (SSSR count). The van der Waals surface area contributed by atoms with Gasteiger partial charge in [0.25, 0.3) is 0 Å². The van der Waals surface area contributed by atoms with E-state index in [0.717, 1.165) is 11.4 Å². The Hall–Kier alpha value is -8.98.